The number of benzene rings is 3. The summed E-state index contributed by atoms with van der Waals surface area (Å²) in [5.41, 5.74) is 0.0329. The fourth-order valence-electron chi connectivity index (χ4n) is 5.36. The van der Waals surface area contributed by atoms with E-state index in [1.54, 1.807) is 48.5 Å². The predicted molar refractivity (Wildman–Crippen MR) is 130 cm³/mol. The molecule has 3 aromatic rings. The van der Waals surface area contributed by atoms with Crippen molar-refractivity contribution in [2.75, 3.05) is 12.0 Å². The number of fused-ring (bicyclic) bond motifs is 1. The van der Waals surface area contributed by atoms with Gasteiger partial charge in [-0.1, -0.05) is 66.2 Å². The number of para-hydroxylation sites is 2. The third-order valence-corrected chi connectivity index (χ3v) is 7.17. The number of ether oxygens (including phenoxy) is 1. The molecule has 2 aliphatic rings. The number of imide groups is 1. The zero-order valence-electron chi connectivity index (χ0n) is 18.9. The highest BCUT2D eigenvalue weighted by molar-refractivity contribution is 6.30. The van der Waals surface area contributed by atoms with E-state index in [0.29, 0.717) is 22.0 Å². The van der Waals surface area contributed by atoms with Crippen molar-refractivity contribution in [1.82, 2.24) is 5.32 Å². The Morgan fingerprint density at radius 3 is 2.31 bits per heavy atom. The zero-order chi connectivity index (χ0) is 24.7. The second kappa shape index (κ2) is 8.83. The molecule has 0 unspecified atom stereocenters. The van der Waals surface area contributed by atoms with Crippen LogP contribution in [0.4, 0.5) is 5.69 Å². The standard InChI is InChI=1S/C27H23ClN2O5/c1-35-20-10-6-5-9-19(20)30-24(31)21-22(25(30)32)27(26(33)34,15-16-7-3-2-4-8-16)29-23(21)17-11-13-18(28)14-12-17/h2-14,21-23,29H,15H2,1H3,(H,33,34)/t21-,22+,23-,27+/m0/s1. The molecule has 3 aromatic carbocycles. The van der Waals surface area contributed by atoms with E-state index in [-0.39, 0.29) is 6.42 Å². The van der Waals surface area contributed by atoms with E-state index in [1.807, 2.05) is 30.3 Å². The predicted octanol–water partition coefficient (Wildman–Crippen LogP) is 3.86. The Labute approximate surface area is 207 Å². The molecule has 5 rings (SSSR count). The van der Waals surface area contributed by atoms with Crippen molar-refractivity contribution >= 4 is 35.1 Å². The first-order valence-electron chi connectivity index (χ1n) is 11.2. The number of nitrogens with zero attached hydrogens (tertiary/aromatic N) is 1. The topological polar surface area (TPSA) is 95.9 Å². The number of methoxy groups -OCH3 is 1. The molecule has 7 nitrogen and oxygen atoms in total. The first-order valence-corrected chi connectivity index (χ1v) is 11.6. The summed E-state index contributed by atoms with van der Waals surface area (Å²) in [4.78, 5) is 41.8. The molecule has 0 aliphatic carbocycles. The molecular formula is C27H23ClN2O5. The lowest BCUT2D eigenvalue weighted by Crippen LogP contribution is -2.57. The lowest BCUT2D eigenvalue weighted by molar-refractivity contribution is -0.148. The summed E-state index contributed by atoms with van der Waals surface area (Å²) in [6, 6.07) is 22.0. The molecule has 0 spiro atoms. The van der Waals surface area contributed by atoms with Gasteiger partial charge in [0.1, 0.15) is 11.3 Å². The van der Waals surface area contributed by atoms with Gasteiger partial charge in [0.2, 0.25) is 11.8 Å². The van der Waals surface area contributed by atoms with Crippen molar-refractivity contribution in [3.05, 3.63) is 95.0 Å². The molecule has 0 bridgehead atoms. The summed E-state index contributed by atoms with van der Waals surface area (Å²) >= 11 is 6.07. The Bertz CT molecular complexity index is 1300. The summed E-state index contributed by atoms with van der Waals surface area (Å²) in [7, 11) is 1.46. The molecule has 2 amide bonds. The van der Waals surface area contributed by atoms with Gasteiger partial charge in [0.05, 0.1) is 24.6 Å². The van der Waals surface area contributed by atoms with Gasteiger partial charge < -0.3 is 9.84 Å². The molecule has 4 atom stereocenters. The number of carboxylic acid groups (broad SMARTS) is 1. The van der Waals surface area contributed by atoms with Crippen molar-refractivity contribution in [2.24, 2.45) is 11.8 Å². The van der Waals surface area contributed by atoms with Crippen LogP contribution in [-0.4, -0.2) is 35.5 Å². The molecule has 2 fully saturated rings. The minimum atomic E-state index is -1.69. The molecular weight excluding hydrogens is 468 g/mol. The molecule has 35 heavy (non-hydrogen) atoms. The van der Waals surface area contributed by atoms with Crippen LogP contribution in [0.15, 0.2) is 78.9 Å². The van der Waals surface area contributed by atoms with Crippen molar-refractivity contribution in [3.8, 4) is 5.75 Å². The largest absolute Gasteiger partial charge is 0.495 e. The number of nitrogens with one attached hydrogen (secondary N) is 1. The lowest BCUT2D eigenvalue weighted by Gasteiger charge is -2.31. The number of hydrogen-bond donors (Lipinski definition) is 2. The fraction of sp³-hybridized carbons (Fsp3) is 0.222. The fourth-order valence-corrected chi connectivity index (χ4v) is 5.49. The minimum Gasteiger partial charge on any atom is -0.495 e. The molecule has 2 saturated heterocycles. The Hall–Kier alpha value is -3.68. The number of carboxylic acids is 1. The number of halogens is 1. The quantitative estimate of drug-likeness (QED) is 0.509. The number of carbonyl (C=O) groups is 3. The van der Waals surface area contributed by atoms with Crippen molar-refractivity contribution in [2.45, 2.75) is 18.0 Å². The number of anilines is 1. The zero-order valence-corrected chi connectivity index (χ0v) is 19.6. The van der Waals surface area contributed by atoms with E-state index in [4.69, 9.17) is 16.3 Å². The first kappa shape index (κ1) is 23.1. The van der Waals surface area contributed by atoms with Gasteiger partial charge in [0, 0.05) is 17.5 Å². The van der Waals surface area contributed by atoms with Crippen LogP contribution in [0.3, 0.4) is 0 Å². The maximum absolute atomic E-state index is 13.9. The highest BCUT2D eigenvalue weighted by Crippen LogP contribution is 2.51. The van der Waals surface area contributed by atoms with Gasteiger partial charge in [0.15, 0.2) is 0 Å². The maximum Gasteiger partial charge on any atom is 0.325 e. The number of aliphatic carboxylic acids is 1. The molecule has 0 aromatic heterocycles. The third kappa shape index (κ3) is 3.68. The molecule has 178 valence electrons. The van der Waals surface area contributed by atoms with Gasteiger partial charge in [-0.25, -0.2) is 4.90 Å². The van der Waals surface area contributed by atoms with Crippen molar-refractivity contribution in [3.63, 3.8) is 0 Å². The second-order valence-electron chi connectivity index (χ2n) is 8.80. The van der Waals surface area contributed by atoms with Crippen LogP contribution in [0.1, 0.15) is 17.2 Å². The van der Waals surface area contributed by atoms with Gasteiger partial charge >= 0.3 is 5.97 Å². The van der Waals surface area contributed by atoms with Crippen LogP contribution >= 0.6 is 11.6 Å². The smallest absolute Gasteiger partial charge is 0.325 e. The summed E-state index contributed by atoms with van der Waals surface area (Å²) in [5, 5.41) is 14.3. The van der Waals surface area contributed by atoms with Crippen LogP contribution in [0, 0.1) is 11.8 Å². The number of amides is 2. The lowest BCUT2D eigenvalue weighted by atomic mass is 9.76. The van der Waals surface area contributed by atoms with Crippen LogP contribution in [-0.2, 0) is 20.8 Å². The van der Waals surface area contributed by atoms with Crippen LogP contribution in [0.2, 0.25) is 5.02 Å². The van der Waals surface area contributed by atoms with E-state index in [0.717, 1.165) is 10.5 Å². The van der Waals surface area contributed by atoms with E-state index in [9.17, 15) is 19.5 Å². The molecule has 2 N–H and O–H groups in total. The Kier molecular flexibility index (Phi) is 5.83. The van der Waals surface area contributed by atoms with Gasteiger partial charge in [0.25, 0.3) is 0 Å². The summed E-state index contributed by atoms with van der Waals surface area (Å²) in [6.45, 7) is 0. The van der Waals surface area contributed by atoms with Crippen molar-refractivity contribution < 1.29 is 24.2 Å². The molecule has 0 radical (unpaired) electrons. The van der Waals surface area contributed by atoms with E-state index in [1.165, 1.54) is 7.11 Å². The summed E-state index contributed by atoms with van der Waals surface area (Å²) in [6.07, 6.45) is 0.0349. The molecule has 0 saturated carbocycles. The molecule has 2 heterocycles. The van der Waals surface area contributed by atoms with Gasteiger partial charge in [-0.05, 0) is 35.4 Å². The van der Waals surface area contributed by atoms with Gasteiger partial charge in [-0.3, -0.25) is 19.7 Å². The Balaban J connectivity index is 1.67. The van der Waals surface area contributed by atoms with E-state index < -0.39 is 41.2 Å². The molecule has 8 heteroatoms. The normalized spacial score (nSPS) is 25.5. The second-order valence-corrected chi connectivity index (χ2v) is 9.24. The van der Waals surface area contributed by atoms with Crippen LogP contribution < -0.4 is 15.0 Å². The monoisotopic (exact) mass is 490 g/mol. The van der Waals surface area contributed by atoms with Crippen molar-refractivity contribution in [1.29, 1.82) is 0 Å². The third-order valence-electron chi connectivity index (χ3n) is 6.92. The molecule has 2 aliphatic heterocycles. The number of carbonyl (C=O) groups excluding carboxylic acids is 2. The Morgan fingerprint density at radius 2 is 1.66 bits per heavy atom. The summed E-state index contributed by atoms with van der Waals surface area (Å²) < 4.78 is 5.40. The highest BCUT2D eigenvalue weighted by atomic mass is 35.5. The first-order chi connectivity index (χ1) is 16.9. The number of hydrogen-bond acceptors (Lipinski definition) is 5. The maximum atomic E-state index is 13.9. The van der Waals surface area contributed by atoms with Gasteiger partial charge in [-0.2, -0.15) is 0 Å². The Morgan fingerprint density at radius 1 is 1.00 bits per heavy atom. The van der Waals surface area contributed by atoms with E-state index >= 15 is 0 Å². The highest BCUT2D eigenvalue weighted by Gasteiger charge is 2.68. The summed E-state index contributed by atoms with van der Waals surface area (Å²) in [5.74, 6) is -3.91. The average Bonchev–Trinajstić information content (AvgIpc) is 3.34. The average molecular weight is 491 g/mol. The van der Waals surface area contributed by atoms with Gasteiger partial charge in [-0.15, -0.1) is 0 Å². The SMILES string of the molecule is COc1ccccc1N1C(=O)[C@@H]2[C@H](c3ccc(Cl)cc3)N[C@@](Cc3ccccc3)(C(=O)O)[C@H]2C1=O. The van der Waals surface area contributed by atoms with E-state index in [2.05, 4.69) is 5.32 Å². The van der Waals surface area contributed by atoms with Crippen LogP contribution in [0.5, 0.6) is 5.75 Å². The number of rotatable bonds is 6. The minimum absolute atomic E-state index is 0.0349. The van der Waals surface area contributed by atoms with Crippen LogP contribution in [0.25, 0.3) is 0 Å².